The highest BCUT2D eigenvalue weighted by atomic mass is 79.9. The number of hydrazine groups is 1. The van der Waals surface area contributed by atoms with E-state index < -0.39 is 11.9 Å². The second-order valence-corrected chi connectivity index (χ2v) is 7.34. The van der Waals surface area contributed by atoms with Gasteiger partial charge < -0.3 is 0 Å². The highest BCUT2D eigenvalue weighted by Gasteiger charge is 2.40. The van der Waals surface area contributed by atoms with Gasteiger partial charge in [-0.3, -0.25) is 19.8 Å². The van der Waals surface area contributed by atoms with Gasteiger partial charge in [0, 0.05) is 15.4 Å². The fourth-order valence-corrected chi connectivity index (χ4v) is 3.49. The Labute approximate surface area is 169 Å². The molecule has 1 atom stereocenters. The third kappa shape index (κ3) is 3.42. The van der Waals surface area contributed by atoms with Crippen LogP contribution in [0.25, 0.3) is 10.8 Å². The molecule has 0 saturated carbocycles. The number of amides is 3. The molecule has 0 radical (unpaired) electrons. The molecule has 7 heteroatoms. The van der Waals surface area contributed by atoms with E-state index in [9.17, 15) is 14.4 Å². The van der Waals surface area contributed by atoms with Crippen LogP contribution in [-0.4, -0.2) is 23.8 Å². The Hall–Kier alpha value is -3.03. The Morgan fingerprint density at radius 2 is 1.68 bits per heavy atom. The molecule has 4 rings (SSSR count). The topological polar surface area (TPSA) is 78.5 Å². The molecule has 1 aliphatic rings. The average Bonchev–Trinajstić information content (AvgIpc) is 2.99. The number of rotatable bonds is 4. The van der Waals surface area contributed by atoms with Gasteiger partial charge in [-0.05, 0) is 35.7 Å². The second-order valence-electron chi connectivity index (χ2n) is 6.43. The Bertz CT molecular complexity index is 1080. The number of hydrogen-bond acceptors (Lipinski definition) is 4. The Morgan fingerprint density at radius 3 is 2.46 bits per heavy atom. The van der Waals surface area contributed by atoms with Gasteiger partial charge >= 0.3 is 0 Å². The molecule has 0 unspecified atom stereocenters. The smallest absolute Gasteiger partial charge is 0.265 e. The molecule has 140 valence electrons. The summed E-state index contributed by atoms with van der Waals surface area (Å²) in [4.78, 5) is 38.8. The zero-order valence-electron chi connectivity index (χ0n) is 14.7. The molecule has 0 bridgehead atoms. The number of carbonyl (C=O) groups is 3. The molecule has 2 N–H and O–H groups in total. The zero-order valence-corrected chi connectivity index (χ0v) is 16.3. The van der Waals surface area contributed by atoms with Gasteiger partial charge in [0.25, 0.3) is 11.8 Å². The van der Waals surface area contributed by atoms with Crippen LogP contribution in [0.4, 0.5) is 5.69 Å². The van der Waals surface area contributed by atoms with E-state index in [1.165, 1.54) is 4.90 Å². The van der Waals surface area contributed by atoms with Crippen LogP contribution in [0, 0.1) is 0 Å². The number of nitrogens with one attached hydrogen (secondary N) is 2. The van der Waals surface area contributed by atoms with Crippen molar-refractivity contribution in [2.75, 3.05) is 4.90 Å². The van der Waals surface area contributed by atoms with Gasteiger partial charge in [0.15, 0.2) is 0 Å². The largest absolute Gasteiger partial charge is 0.287 e. The Balaban J connectivity index is 1.51. The van der Waals surface area contributed by atoms with E-state index in [1.54, 1.807) is 30.3 Å². The molecular weight excluding hydrogens is 422 g/mol. The predicted octanol–water partition coefficient (Wildman–Crippen LogP) is 3.17. The van der Waals surface area contributed by atoms with Gasteiger partial charge in [-0.1, -0.05) is 52.3 Å². The summed E-state index contributed by atoms with van der Waals surface area (Å²) in [6, 6.07) is 19.1. The van der Waals surface area contributed by atoms with Crippen molar-refractivity contribution in [3.8, 4) is 0 Å². The molecule has 28 heavy (non-hydrogen) atoms. The number of carbonyl (C=O) groups excluding carboxylic acids is 3. The summed E-state index contributed by atoms with van der Waals surface area (Å²) < 4.78 is 0.860. The van der Waals surface area contributed by atoms with Crippen molar-refractivity contribution in [3.63, 3.8) is 0 Å². The van der Waals surface area contributed by atoms with Gasteiger partial charge in [0.05, 0.1) is 12.1 Å². The first-order valence-electron chi connectivity index (χ1n) is 8.70. The van der Waals surface area contributed by atoms with E-state index in [0.29, 0.717) is 11.3 Å². The first kappa shape index (κ1) is 18.3. The molecule has 0 spiro atoms. The number of anilines is 1. The lowest BCUT2D eigenvalue weighted by Gasteiger charge is -2.18. The second kappa shape index (κ2) is 7.53. The Kier molecular flexibility index (Phi) is 4.93. The standard InChI is InChI=1S/C21H16BrN3O3/c22-15-10-8-14(9-11-15)20(27)24-23-17-12-19(26)25(21(17)28)18-7-3-5-13-4-1-2-6-16(13)18/h1-11,17,23H,12H2,(H,24,27)/t17-/m1/s1. The number of imide groups is 1. The number of fused-ring (bicyclic) bond motifs is 1. The molecule has 1 saturated heterocycles. The maximum Gasteiger partial charge on any atom is 0.265 e. The SMILES string of the molecule is O=C(NN[C@@H]1CC(=O)N(c2cccc3ccccc23)C1=O)c1ccc(Br)cc1. The number of benzene rings is 3. The molecule has 3 aromatic carbocycles. The number of nitrogens with zero attached hydrogens (tertiary/aromatic N) is 1. The lowest BCUT2D eigenvalue weighted by molar-refractivity contribution is -0.121. The molecule has 1 fully saturated rings. The van der Waals surface area contributed by atoms with Gasteiger partial charge in [0.1, 0.15) is 6.04 Å². The van der Waals surface area contributed by atoms with Crippen molar-refractivity contribution >= 4 is 50.1 Å². The van der Waals surface area contributed by atoms with E-state index in [-0.39, 0.29) is 18.2 Å². The quantitative estimate of drug-likeness (QED) is 0.485. The molecular formula is C21H16BrN3O3. The molecule has 0 aromatic heterocycles. The van der Waals surface area contributed by atoms with Crippen molar-refractivity contribution in [1.29, 1.82) is 0 Å². The minimum atomic E-state index is -0.814. The lowest BCUT2D eigenvalue weighted by Crippen LogP contribution is -2.48. The minimum absolute atomic E-state index is 0.0251. The molecule has 1 heterocycles. The summed E-state index contributed by atoms with van der Waals surface area (Å²) in [6.45, 7) is 0. The third-order valence-electron chi connectivity index (χ3n) is 4.62. The third-order valence-corrected chi connectivity index (χ3v) is 5.15. The first-order valence-corrected chi connectivity index (χ1v) is 9.50. The summed E-state index contributed by atoms with van der Waals surface area (Å²) in [6.07, 6.45) is -0.0251. The molecule has 1 aliphatic heterocycles. The van der Waals surface area contributed by atoms with Gasteiger partial charge in [-0.2, -0.15) is 0 Å². The van der Waals surface area contributed by atoms with E-state index in [2.05, 4.69) is 26.8 Å². The van der Waals surface area contributed by atoms with Crippen molar-refractivity contribution in [2.45, 2.75) is 12.5 Å². The highest BCUT2D eigenvalue weighted by molar-refractivity contribution is 9.10. The van der Waals surface area contributed by atoms with Crippen LogP contribution >= 0.6 is 15.9 Å². The fraction of sp³-hybridized carbons (Fsp3) is 0.0952. The van der Waals surface area contributed by atoms with E-state index >= 15 is 0 Å². The summed E-state index contributed by atoms with van der Waals surface area (Å²) >= 11 is 3.31. The van der Waals surface area contributed by atoms with Crippen molar-refractivity contribution < 1.29 is 14.4 Å². The van der Waals surface area contributed by atoms with E-state index in [0.717, 1.165) is 15.2 Å². The van der Waals surface area contributed by atoms with Gasteiger partial charge in [0.2, 0.25) is 5.91 Å². The molecule has 3 aromatic rings. The van der Waals surface area contributed by atoms with Crippen LogP contribution in [0.1, 0.15) is 16.8 Å². The maximum absolute atomic E-state index is 12.8. The molecule has 6 nitrogen and oxygen atoms in total. The van der Waals surface area contributed by atoms with E-state index in [4.69, 9.17) is 0 Å². The summed E-state index contributed by atoms with van der Waals surface area (Å²) in [5.41, 5.74) is 6.21. The fourth-order valence-electron chi connectivity index (χ4n) is 3.23. The zero-order chi connectivity index (χ0) is 19.7. The maximum atomic E-state index is 12.8. The van der Waals surface area contributed by atoms with Gasteiger partial charge in [-0.25, -0.2) is 10.3 Å². The summed E-state index contributed by atoms with van der Waals surface area (Å²) in [7, 11) is 0. The Morgan fingerprint density at radius 1 is 0.964 bits per heavy atom. The lowest BCUT2D eigenvalue weighted by atomic mass is 10.1. The average molecular weight is 438 g/mol. The van der Waals surface area contributed by atoms with Crippen LogP contribution in [0.3, 0.4) is 0 Å². The van der Waals surface area contributed by atoms with E-state index in [1.807, 2.05) is 36.4 Å². The molecule has 0 aliphatic carbocycles. The minimum Gasteiger partial charge on any atom is -0.287 e. The summed E-state index contributed by atoms with van der Waals surface area (Å²) in [5, 5.41) is 1.77. The summed E-state index contributed by atoms with van der Waals surface area (Å²) in [5.74, 6) is -1.08. The van der Waals surface area contributed by atoms with Crippen molar-refractivity contribution in [3.05, 3.63) is 76.8 Å². The number of hydrogen-bond donors (Lipinski definition) is 2. The predicted molar refractivity (Wildman–Crippen MR) is 110 cm³/mol. The van der Waals surface area contributed by atoms with Crippen molar-refractivity contribution in [2.24, 2.45) is 0 Å². The normalized spacial score (nSPS) is 16.6. The van der Waals surface area contributed by atoms with Crippen molar-refractivity contribution in [1.82, 2.24) is 10.9 Å². The van der Waals surface area contributed by atoms with Crippen LogP contribution in [0.2, 0.25) is 0 Å². The highest BCUT2D eigenvalue weighted by Crippen LogP contribution is 2.30. The monoisotopic (exact) mass is 437 g/mol. The van der Waals surface area contributed by atoms with Crippen LogP contribution in [0.15, 0.2) is 71.2 Å². The van der Waals surface area contributed by atoms with Crippen LogP contribution in [0.5, 0.6) is 0 Å². The first-order chi connectivity index (χ1) is 13.5. The van der Waals surface area contributed by atoms with Crippen LogP contribution in [-0.2, 0) is 9.59 Å². The molecule has 3 amide bonds. The number of halogens is 1. The van der Waals surface area contributed by atoms with Crippen LogP contribution < -0.4 is 15.8 Å². The van der Waals surface area contributed by atoms with Gasteiger partial charge in [-0.15, -0.1) is 0 Å².